The second-order valence-corrected chi connectivity index (χ2v) is 7.36. The summed E-state index contributed by atoms with van der Waals surface area (Å²) in [6.45, 7) is 1.00. The van der Waals surface area contributed by atoms with Crippen LogP contribution in [0.3, 0.4) is 0 Å². The van der Waals surface area contributed by atoms with Gasteiger partial charge in [-0.05, 0) is 61.7 Å². The summed E-state index contributed by atoms with van der Waals surface area (Å²) in [7, 11) is 1.97. The first-order valence-electron chi connectivity index (χ1n) is 6.90. The van der Waals surface area contributed by atoms with Crippen molar-refractivity contribution in [3.8, 4) is 0 Å². The first kappa shape index (κ1) is 12.0. The summed E-state index contributed by atoms with van der Waals surface area (Å²) >= 11 is 3.28. The number of alkyl halides is 1. The van der Waals surface area contributed by atoms with Crippen LogP contribution in [0, 0.1) is 23.2 Å². The largest absolute Gasteiger partial charge is 0.344 e. The van der Waals surface area contributed by atoms with Gasteiger partial charge in [-0.1, -0.05) is 15.9 Å². The van der Waals surface area contributed by atoms with Gasteiger partial charge in [-0.25, -0.2) is 0 Å². The number of amides is 1. The second-order valence-electron chi connectivity index (χ2n) is 6.80. The third kappa shape index (κ3) is 2.16. The van der Waals surface area contributed by atoms with Gasteiger partial charge in [0.05, 0.1) is 5.33 Å². The molecule has 4 aliphatic carbocycles. The topological polar surface area (TPSA) is 20.3 Å². The number of rotatable bonds is 3. The van der Waals surface area contributed by atoms with Crippen molar-refractivity contribution in [1.29, 1.82) is 0 Å². The minimum atomic E-state index is 0.237. The molecule has 17 heavy (non-hydrogen) atoms. The van der Waals surface area contributed by atoms with Gasteiger partial charge < -0.3 is 4.90 Å². The molecule has 0 N–H and O–H groups in total. The van der Waals surface area contributed by atoms with E-state index < -0.39 is 0 Å². The zero-order valence-electron chi connectivity index (χ0n) is 10.6. The highest BCUT2D eigenvalue weighted by atomic mass is 79.9. The molecule has 4 bridgehead atoms. The molecule has 0 unspecified atom stereocenters. The van der Waals surface area contributed by atoms with Gasteiger partial charge in [0.1, 0.15) is 0 Å². The Morgan fingerprint density at radius 1 is 1.18 bits per heavy atom. The standard InChI is InChI=1S/C14H22BrNO/c1-16(13(17)8-15)9-14-5-10-2-11(6-14)4-12(3-10)7-14/h10-12H,2-9H2,1H3. The second kappa shape index (κ2) is 4.25. The van der Waals surface area contributed by atoms with Crippen LogP contribution in [0.25, 0.3) is 0 Å². The lowest BCUT2D eigenvalue weighted by Crippen LogP contribution is -2.51. The first-order valence-corrected chi connectivity index (χ1v) is 8.02. The summed E-state index contributed by atoms with van der Waals surface area (Å²) in [5, 5.41) is 0.468. The van der Waals surface area contributed by atoms with E-state index in [4.69, 9.17) is 0 Å². The zero-order chi connectivity index (χ0) is 12.0. The molecule has 0 aromatic carbocycles. The molecule has 4 rings (SSSR count). The quantitative estimate of drug-likeness (QED) is 0.734. The van der Waals surface area contributed by atoms with Crippen LogP contribution in [0.1, 0.15) is 38.5 Å². The van der Waals surface area contributed by atoms with Crippen molar-refractivity contribution in [3.63, 3.8) is 0 Å². The third-order valence-corrected chi connectivity index (χ3v) is 5.76. The molecule has 3 heteroatoms. The fourth-order valence-corrected chi connectivity index (χ4v) is 5.61. The predicted molar refractivity (Wildman–Crippen MR) is 72.0 cm³/mol. The van der Waals surface area contributed by atoms with Crippen molar-refractivity contribution in [1.82, 2.24) is 4.90 Å². The Labute approximate surface area is 112 Å². The molecule has 0 aliphatic heterocycles. The number of carbonyl (C=O) groups excluding carboxylic acids is 1. The van der Waals surface area contributed by atoms with Gasteiger partial charge in [0.25, 0.3) is 0 Å². The SMILES string of the molecule is CN(CC12CC3CC(CC(C3)C1)C2)C(=O)CBr. The van der Waals surface area contributed by atoms with Crippen molar-refractivity contribution >= 4 is 21.8 Å². The molecule has 4 fully saturated rings. The van der Waals surface area contributed by atoms with Crippen LogP contribution in [0.5, 0.6) is 0 Å². The molecule has 0 saturated heterocycles. The fraction of sp³-hybridized carbons (Fsp3) is 0.929. The Kier molecular flexibility index (Phi) is 3.00. The molecular weight excluding hydrogens is 278 g/mol. The molecule has 96 valence electrons. The van der Waals surface area contributed by atoms with Crippen molar-refractivity contribution < 1.29 is 4.79 Å². The Bertz CT molecular complexity index is 293. The van der Waals surface area contributed by atoms with Crippen LogP contribution in [0.2, 0.25) is 0 Å². The Morgan fingerprint density at radius 3 is 2.06 bits per heavy atom. The van der Waals surface area contributed by atoms with Crippen LogP contribution >= 0.6 is 15.9 Å². The summed E-state index contributed by atoms with van der Waals surface area (Å²) in [5.41, 5.74) is 0.487. The summed E-state index contributed by atoms with van der Waals surface area (Å²) in [6, 6.07) is 0. The summed E-state index contributed by atoms with van der Waals surface area (Å²) in [6.07, 6.45) is 8.61. The Balaban J connectivity index is 1.72. The molecule has 0 aromatic rings. The van der Waals surface area contributed by atoms with Crippen molar-refractivity contribution in [3.05, 3.63) is 0 Å². The number of carbonyl (C=O) groups is 1. The number of hydrogen-bond acceptors (Lipinski definition) is 1. The van der Waals surface area contributed by atoms with Gasteiger partial charge >= 0.3 is 0 Å². The van der Waals surface area contributed by atoms with E-state index in [1.54, 1.807) is 0 Å². The van der Waals surface area contributed by atoms with E-state index in [2.05, 4.69) is 15.9 Å². The monoisotopic (exact) mass is 299 g/mol. The van der Waals surface area contributed by atoms with Crippen LogP contribution in [-0.2, 0) is 4.79 Å². The van der Waals surface area contributed by atoms with Crippen LogP contribution in [0.4, 0.5) is 0 Å². The molecule has 0 spiro atoms. The maximum atomic E-state index is 11.7. The lowest BCUT2D eigenvalue weighted by molar-refractivity contribution is -0.132. The van der Waals surface area contributed by atoms with Crippen LogP contribution in [-0.4, -0.2) is 29.7 Å². The highest BCUT2D eigenvalue weighted by molar-refractivity contribution is 9.09. The Hall–Kier alpha value is -0.0500. The Morgan fingerprint density at radius 2 is 1.65 bits per heavy atom. The third-order valence-electron chi connectivity index (χ3n) is 5.28. The molecule has 2 nitrogen and oxygen atoms in total. The number of hydrogen-bond donors (Lipinski definition) is 0. The van der Waals surface area contributed by atoms with E-state index >= 15 is 0 Å². The van der Waals surface area contributed by atoms with E-state index in [0.717, 1.165) is 24.3 Å². The van der Waals surface area contributed by atoms with Gasteiger partial charge in [0, 0.05) is 13.6 Å². The van der Waals surface area contributed by atoms with Gasteiger partial charge in [0.2, 0.25) is 5.91 Å². The minimum absolute atomic E-state index is 0.237. The maximum absolute atomic E-state index is 11.7. The lowest BCUT2D eigenvalue weighted by atomic mass is 9.49. The van der Waals surface area contributed by atoms with E-state index in [9.17, 15) is 4.79 Å². The molecule has 4 saturated carbocycles. The molecule has 1 amide bonds. The summed E-state index contributed by atoms with van der Waals surface area (Å²) in [4.78, 5) is 13.7. The zero-order valence-corrected chi connectivity index (χ0v) is 12.2. The first-order chi connectivity index (χ1) is 8.10. The average Bonchev–Trinajstić information content (AvgIpc) is 2.25. The fourth-order valence-electron chi connectivity index (χ4n) is 5.18. The molecular formula is C14H22BrNO. The van der Waals surface area contributed by atoms with Gasteiger partial charge in [-0.15, -0.1) is 0 Å². The van der Waals surface area contributed by atoms with Crippen LogP contribution in [0.15, 0.2) is 0 Å². The number of nitrogens with zero attached hydrogens (tertiary/aromatic N) is 1. The molecule has 4 aliphatic rings. The van der Waals surface area contributed by atoms with Gasteiger partial charge in [-0.3, -0.25) is 4.79 Å². The molecule has 0 aromatic heterocycles. The summed E-state index contributed by atoms with van der Waals surface area (Å²) in [5.74, 6) is 3.18. The normalized spacial score (nSPS) is 42.8. The van der Waals surface area contributed by atoms with Gasteiger partial charge in [-0.2, -0.15) is 0 Å². The van der Waals surface area contributed by atoms with Gasteiger partial charge in [0.15, 0.2) is 0 Å². The highest BCUT2D eigenvalue weighted by Gasteiger charge is 2.51. The van der Waals surface area contributed by atoms with Crippen molar-refractivity contribution in [2.45, 2.75) is 38.5 Å². The number of halogens is 1. The van der Waals surface area contributed by atoms with E-state index in [1.165, 1.54) is 38.5 Å². The van der Waals surface area contributed by atoms with E-state index in [1.807, 2.05) is 11.9 Å². The van der Waals surface area contributed by atoms with Crippen molar-refractivity contribution in [2.24, 2.45) is 23.2 Å². The summed E-state index contributed by atoms with van der Waals surface area (Å²) < 4.78 is 0. The van der Waals surface area contributed by atoms with Crippen LogP contribution < -0.4 is 0 Å². The van der Waals surface area contributed by atoms with E-state index in [0.29, 0.717) is 10.7 Å². The van der Waals surface area contributed by atoms with Crippen molar-refractivity contribution in [2.75, 3.05) is 18.9 Å². The van der Waals surface area contributed by atoms with E-state index in [-0.39, 0.29) is 5.91 Å². The smallest absolute Gasteiger partial charge is 0.232 e. The lowest BCUT2D eigenvalue weighted by Gasteiger charge is -2.57. The molecule has 0 heterocycles. The highest BCUT2D eigenvalue weighted by Crippen LogP contribution is 2.60. The molecule has 0 atom stereocenters. The molecule has 0 radical (unpaired) electrons. The maximum Gasteiger partial charge on any atom is 0.232 e. The predicted octanol–water partition coefficient (Wildman–Crippen LogP) is 3.06. The average molecular weight is 300 g/mol. The minimum Gasteiger partial charge on any atom is -0.344 e.